The van der Waals surface area contributed by atoms with Crippen molar-refractivity contribution in [3.63, 3.8) is 0 Å². The van der Waals surface area contributed by atoms with E-state index in [1.54, 1.807) is 0 Å². The summed E-state index contributed by atoms with van der Waals surface area (Å²) in [4.78, 5) is 16.7. The van der Waals surface area contributed by atoms with Crippen LogP contribution in [0.2, 0.25) is 0 Å². The Kier molecular flexibility index (Phi) is 7.13. The Balaban J connectivity index is 1.55. The van der Waals surface area contributed by atoms with E-state index in [2.05, 4.69) is 27.8 Å². The van der Waals surface area contributed by atoms with E-state index < -0.39 is 0 Å². The zero-order valence-corrected chi connectivity index (χ0v) is 13.8. The molecular formula is C17H22N4OS. The summed E-state index contributed by atoms with van der Waals surface area (Å²) < 4.78 is 0. The summed E-state index contributed by atoms with van der Waals surface area (Å²) in [5, 5.41) is 7.85. The van der Waals surface area contributed by atoms with Gasteiger partial charge in [0.05, 0.1) is 4.88 Å². The van der Waals surface area contributed by atoms with Gasteiger partial charge in [0.25, 0.3) is 5.91 Å². The number of amides is 1. The molecule has 1 amide bonds. The first-order valence-electron chi connectivity index (χ1n) is 7.65. The van der Waals surface area contributed by atoms with Gasteiger partial charge in [0.15, 0.2) is 5.96 Å². The predicted octanol–water partition coefficient (Wildman–Crippen LogP) is 2.01. The van der Waals surface area contributed by atoms with Gasteiger partial charge >= 0.3 is 0 Å². The normalized spacial score (nSPS) is 11.2. The molecule has 0 aliphatic rings. The molecule has 2 rings (SSSR count). The number of thiophene rings is 1. The van der Waals surface area contributed by atoms with Crippen LogP contribution in [0.4, 0.5) is 0 Å². The van der Waals surface area contributed by atoms with E-state index in [-0.39, 0.29) is 5.91 Å². The number of hydrogen-bond acceptors (Lipinski definition) is 3. The van der Waals surface area contributed by atoms with Crippen LogP contribution in [-0.2, 0) is 6.42 Å². The molecule has 0 unspecified atom stereocenters. The molecule has 1 aromatic heterocycles. The molecule has 0 fully saturated rings. The van der Waals surface area contributed by atoms with Crippen molar-refractivity contribution >= 4 is 23.2 Å². The van der Waals surface area contributed by atoms with E-state index in [1.165, 1.54) is 16.9 Å². The van der Waals surface area contributed by atoms with Crippen molar-refractivity contribution in [3.8, 4) is 0 Å². The first kappa shape index (κ1) is 17.0. The average Bonchev–Trinajstić information content (AvgIpc) is 3.10. The molecule has 1 heterocycles. The lowest BCUT2D eigenvalue weighted by molar-refractivity contribution is 0.0957. The van der Waals surface area contributed by atoms with Gasteiger partial charge in [0.2, 0.25) is 0 Å². The van der Waals surface area contributed by atoms with Crippen molar-refractivity contribution in [3.05, 3.63) is 58.3 Å². The molecular weight excluding hydrogens is 308 g/mol. The minimum Gasteiger partial charge on any atom is -0.370 e. The molecule has 5 nitrogen and oxygen atoms in total. The van der Waals surface area contributed by atoms with Gasteiger partial charge in [0.1, 0.15) is 0 Å². The number of nitrogens with zero attached hydrogens (tertiary/aromatic N) is 1. The maximum absolute atomic E-state index is 11.7. The lowest BCUT2D eigenvalue weighted by Gasteiger charge is -2.06. The van der Waals surface area contributed by atoms with E-state index in [4.69, 9.17) is 5.73 Å². The third-order valence-corrected chi connectivity index (χ3v) is 4.08. The van der Waals surface area contributed by atoms with E-state index >= 15 is 0 Å². The molecule has 6 heteroatoms. The predicted molar refractivity (Wildman–Crippen MR) is 95.9 cm³/mol. The third-order valence-electron chi connectivity index (χ3n) is 3.21. The summed E-state index contributed by atoms with van der Waals surface area (Å²) >= 11 is 1.44. The van der Waals surface area contributed by atoms with E-state index in [0.717, 1.165) is 24.3 Å². The van der Waals surface area contributed by atoms with E-state index in [1.807, 2.05) is 35.7 Å². The standard InChI is InChI=1S/C17H22N4OS/c18-17(21-12-9-14-6-2-1-3-7-14)20-11-5-10-19-16(22)15-8-4-13-23-15/h1-4,6-8,13H,5,9-12H2,(H,19,22)(H3,18,20,21). The van der Waals surface area contributed by atoms with Gasteiger partial charge < -0.3 is 16.4 Å². The Morgan fingerprint density at radius 3 is 2.65 bits per heavy atom. The second kappa shape index (κ2) is 9.63. The van der Waals surface area contributed by atoms with Crippen molar-refractivity contribution < 1.29 is 4.79 Å². The minimum absolute atomic E-state index is 0.0297. The van der Waals surface area contributed by atoms with Gasteiger partial charge in [-0.2, -0.15) is 0 Å². The number of aliphatic imine (C=N–C) groups is 1. The zero-order chi connectivity index (χ0) is 16.3. The number of guanidine groups is 1. The van der Waals surface area contributed by atoms with Crippen LogP contribution in [0.3, 0.4) is 0 Å². The molecule has 0 saturated heterocycles. The molecule has 23 heavy (non-hydrogen) atoms. The largest absolute Gasteiger partial charge is 0.370 e. The SMILES string of the molecule is NC(=NCCCNC(=O)c1cccs1)NCCc1ccccc1. The summed E-state index contributed by atoms with van der Waals surface area (Å²) in [5.41, 5.74) is 7.08. The van der Waals surface area contributed by atoms with Crippen LogP contribution < -0.4 is 16.4 Å². The first-order valence-corrected chi connectivity index (χ1v) is 8.53. The first-order chi connectivity index (χ1) is 11.3. The van der Waals surface area contributed by atoms with Crippen molar-refractivity contribution in [2.24, 2.45) is 10.7 Å². The van der Waals surface area contributed by atoms with E-state index in [0.29, 0.717) is 19.0 Å². The van der Waals surface area contributed by atoms with Crippen LogP contribution in [0.25, 0.3) is 0 Å². The molecule has 0 aliphatic heterocycles. The van der Waals surface area contributed by atoms with Gasteiger partial charge in [-0.05, 0) is 29.9 Å². The van der Waals surface area contributed by atoms with Crippen molar-refractivity contribution in [1.82, 2.24) is 10.6 Å². The highest BCUT2D eigenvalue weighted by molar-refractivity contribution is 7.12. The van der Waals surface area contributed by atoms with Crippen LogP contribution >= 0.6 is 11.3 Å². The fourth-order valence-electron chi connectivity index (χ4n) is 2.01. The summed E-state index contributed by atoms with van der Waals surface area (Å²) in [5.74, 6) is 0.420. The number of carbonyl (C=O) groups excluding carboxylic acids is 1. The summed E-state index contributed by atoms with van der Waals surface area (Å²) in [6, 6.07) is 13.9. The average molecular weight is 330 g/mol. The lowest BCUT2D eigenvalue weighted by Crippen LogP contribution is -2.33. The second-order valence-corrected chi connectivity index (χ2v) is 5.96. The highest BCUT2D eigenvalue weighted by Crippen LogP contribution is 2.07. The Morgan fingerprint density at radius 1 is 1.09 bits per heavy atom. The maximum atomic E-state index is 11.7. The lowest BCUT2D eigenvalue weighted by atomic mass is 10.1. The Bertz CT molecular complexity index is 611. The molecule has 0 aliphatic carbocycles. The minimum atomic E-state index is -0.0297. The van der Waals surface area contributed by atoms with Crippen LogP contribution in [0.5, 0.6) is 0 Å². The maximum Gasteiger partial charge on any atom is 0.261 e. The Labute approximate surface area is 140 Å². The van der Waals surface area contributed by atoms with Crippen molar-refractivity contribution in [2.45, 2.75) is 12.8 Å². The third kappa shape index (κ3) is 6.52. The van der Waals surface area contributed by atoms with Crippen molar-refractivity contribution in [1.29, 1.82) is 0 Å². The van der Waals surface area contributed by atoms with Crippen LogP contribution in [-0.4, -0.2) is 31.5 Å². The number of carbonyl (C=O) groups is 1. The van der Waals surface area contributed by atoms with Crippen LogP contribution in [0, 0.1) is 0 Å². The van der Waals surface area contributed by atoms with Gasteiger partial charge in [-0.1, -0.05) is 36.4 Å². The van der Waals surface area contributed by atoms with E-state index in [9.17, 15) is 4.79 Å². The molecule has 0 spiro atoms. The zero-order valence-electron chi connectivity index (χ0n) is 13.0. The number of benzene rings is 1. The number of rotatable bonds is 8. The molecule has 0 radical (unpaired) electrons. The fraction of sp³-hybridized carbons (Fsp3) is 0.294. The molecule has 0 bridgehead atoms. The second-order valence-electron chi connectivity index (χ2n) is 5.02. The smallest absolute Gasteiger partial charge is 0.261 e. The summed E-state index contributed by atoms with van der Waals surface area (Å²) in [6.45, 7) is 1.95. The quantitative estimate of drug-likeness (QED) is 0.393. The van der Waals surface area contributed by atoms with Gasteiger partial charge in [-0.25, -0.2) is 0 Å². The molecule has 0 atom stereocenters. The molecule has 122 valence electrons. The number of nitrogens with two attached hydrogens (primary N) is 1. The highest BCUT2D eigenvalue weighted by Gasteiger charge is 2.04. The monoisotopic (exact) mass is 330 g/mol. The van der Waals surface area contributed by atoms with Gasteiger partial charge in [0, 0.05) is 19.6 Å². The molecule has 2 aromatic rings. The number of hydrogen-bond donors (Lipinski definition) is 3. The molecule has 0 saturated carbocycles. The highest BCUT2D eigenvalue weighted by atomic mass is 32.1. The van der Waals surface area contributed by atoms with Gasteiger partial charge in [-0.3, -0.25) is 9.79 Å². The number of nitrogens with one attached hydrogen (secondary N) is 2. The molecule has 4 N–H and O–H groups in total. The molecule has 1 aromatic carbocycles. The Morgan fingerprint density at radius 2 is 1.91 bits per heavy atom. The Hall–Kier alpha value is -2.34. The van der Waals surface area contributed by atoms with Crippen LogP contribution in [0.15, 0.2) is 52.8 Å². The summed E-state index contributed by atoms with van der Waals surface area (Å²) in [6.07, 6.45) is 1.67. The van der Waals surface area contributed by atoms with Crippen LogP contribution in [0.1, 0.15) is 21.7 Å². The fourth-order valence-corrected chi connectivity index (χ4v) is 2.65. The summed E-state index contributed by atoms with van der Waals surface area (Å²) in [7, 11) is 0. The topological polar surface area (TPSA) is 79.5 Å². The van der Waals surface area contributed by atoms with Gasteiger partial charge in [-0.15, -0.1) is 11.3 Å². The van der Waals surface area contributed by atoms with Crippen molar-refractivity contribution in [2.75, 3.05) is 19.6 Å².